The maximum atomic E-state index is 5.27. The Balaban J connectivity index is 2.28. The van der Waals surface area contributed by atoms with Crippen LogP contribution in [0.2, 0.25) is 0 Å². The number of hydrogen-bond acceptors (Lipinski definition) is 2. The Morgan fingerprint density at radius 1 is 1.08 bits per heavy atom. The summed E-state index contributed by atoms with van der Waals surface area (Å²) in [6.07, 6.45) is 6.56. The summed E-state index contributed by atoms with van der Waals surface area (Å²) in [6.45, 7) is 0. The van der Waals surface area contributed by atoms with Crippen molar-refractivity contribution in [2.24, 2.45) is 0 Å². The number of aromatic nitrogens is 1. The first-order valence-electron chi connectivity index (χ1n) is 4.78. The molecule has 0 bridgehead atoms. The van der Waals surface area contributed by atoms with Crippen LogP contribution in [0.3, 0.4) is 0 Å². The highest BCUT2D eigenvalue weighted by Gasteiger charge is 2.11. The minimum Gasteiger partial charge on any atom is -0.443 e. The van der Waals surface area contributed by atoms with Crippen molar-refractivity contribution in [2.45, 2.75) is 25.7 Å². The largest absolute Gasteiger partial charge is 0.443 e. The van der Waals surface area contributed by atoms with Gasteiger partial charge in [-0.1, -0.05) is 0 Å². The molecule has 0 aliphatic heterocycles. The Labute approximate surface area is 76.6 Å². The lowest BCUT2D eigenvalue weighted by Crippen LogP contribution is -2.01. The highest BCUT2D eigenvalue weighted by Crippen LogP contribution is 2.25. The number of oxazole rings is 1. The van der Waals surface area contributed by atoms with Gasteiger partial charge in [-0.3, -0.25) is 0 Å². The van der Waals surface area contributed by atoms with Gasteiger partial charge >= 0.3 is 0 Å². The molecular weight excluding hydrogens is 162 g/mol. The van der Waals surface area contributed by atoms with Gasteiger partial charge in [-0.15, -0.1) is 0 Å². The number of nitrogens with zero attached hydrogens (tertiary/aromatic N) is 1. The predicted octanol–water partition coefficient (Wildman–Crippen LogP) is 2.71. The second-order valence-electron chi connectivity index (χ2n) is 3.65. The lowest BCUT2D eigenvalue weighted by Gasteiger charge is -2.14. The zero-order valence-corrected chi connectivity index (χ0v) is 7.42. The molecule has 0 unspecified atom stereocenters. The van der Waals surface area contributed by atoms with Crippen LogP contribution in [0.15, 0.2) is 22.9 Å². The average molecular weight is 173 g/mol. The van der Waals surface area contributed by atoms with E-state index in [1.54, 1.807) is 0 Å². The van der Waals surface area contributed by atoms with Gasteiger partial charge < -0.3 is 4.42 Å². The van der Waals surface area contributed by atoms with Crippen molar-refractivity contribution in [3.05, 3.63) is 29.7 Å². The molecule has 1 heterocycles. The molecule has 1 aliphatic rings. The molecule has 0 spiro atoms. The van der Waals surface area contributed by atoms with Crippen LogP contribution in [-0.4, -0.2) is 4.98 Å². The van der Waals surface area contributed by atoms with E-state index < -0.39 is 0 Å². The van der Waals surface area contributed by atoms with Crippen LogP contribution in [0, 0.1) is 0 Å². The molecule has 13 heavy (non-hydrogen) atoms. The molecule has 0 N–H and O–H groups in total. The van der Waals surface area contributed by atoms with E-state index in [0.29, 0.717) is 0 Å². The van der Waals surface area contributed by atoms with Crippen molar-refractivity contribution in [3.63, 3.8) is 0 Å². The van der Waals surface area contributed by atoms with Crippen LogP contribution in [0.25, 0.3) is 11.1 Å². The van der Waals surface area contributed by atoms with Crippen LogP contribution >= 0.6 is 0 Å². The van der Waals surface area contributed by atoms with E-state index in [-0.39, 0.29) is 0 Å². The van der Waals surface area contributed by atoms with E-state index >= 15 is 0 Å². The number of rotatable bonds is 0. The van der Waals surface area contributed by atoms with Crippen molar-refractivity contribution in [1.82, 2.24) is 4.98 Å². The van der Waals surface area contributed by atoms with Crippen molar-refractivity contribution in [1.29, 1.82) is 0 Å². The van der Waals surface area contributed by atoms with Crippen LogP contribution in [0.4, 0.5) is 0 Å². The Kier molecular flexibility index (Phi) is 1.42. The molecule has 1 aromatic heterocycles. The SMILES string of the molecule is c1nc2cc3c(cc2o1)CCCC3. The predicted molar refractivity (Wildman–Crippen MR) is 50.7 cm³/mol. The summed E-state index contributed by atoms with van der Waals surface area (Å²) >= 11 is 0. The highest BCUT2D eigenvalue weighted by atomic mass is 16.3. The number of fused-ring (bicyclic) bond motifs is 2. The van der Waals surface area contributed by atoms with Gasteiger partial charge in [0.05, 0.1) is 0 Å². The number of hydrogen-bond donors (Lipinski definition) is 0. The first kappa shape index (κ1) is 7.13. The summed E-state index contributed by atoms with van der Waals surface area (Å²) in [7, 11) is 0. The standard InChI is InChI=1S/C11H11NO/c1-2-4-9-6-11-10(12-7-13-11)5-8(9)3-1/h5-7H,1-4H2. The third-order valence-electron chi connectivity index (χ3n) is 2.79. The maximum Gasteiger partial charge on any atom is 0.181 e. The fourth-order valence-electron chi connectivity index (χ4n) is 2.09. The molecular formula is C11H11NO. The molecule has 2 heteroatoms. The van der Waals surface area contributed by atoms with Crippen LogP contribution < -0.4 is 0 Å². The smallest absolute Gasteiger partial charge is 0.181 e. The summed E-state index contributed by atoms with van der Waals surface area (Å²) in [4.78, 5) is 4.16. The third kappa shape index (κ3) is 1.05. The van der Waals surface area contributed by atoms with Gasteiger partial charge in [0.15, 0.2) is 12.0 Å². The minimum absolute atomic E-state index is 0.931. The fraction of sp³-hybridized carbons (Fsp3) is 0.364. The van der Waals surface area contributed by atoms with E-state index in [4.69, 9.17) is 4.42 Å². The van der Waals surface area contributed by atoms with Gasteiger partial charge in [-0.25, -0.2) is 4.98 Å². The second kappa shape index (κ2) is 2.59. The molecule has 2 nitrogen and oxygen atoms in total. The molecule has 0 fully saturated rings. The molecule has 0 amide bonds. The lowest BCUT2D eigenvalue weighted by molar-refractivity contribution is 0.600. The molecule has 0 saturated carbocycles. The topological polar surface area (TPSA) is 26.0 Å². The van der Waals surface area contributed by atoms with E-state index in [1.165, 1.54) is 43.2 Å². The first-order valence-corrected chi connectivity index (χ1v) is 4.78. The van der Waals surface area contributed by atoms with Gasteiger partial charge in [0.1, 0.15) is 5.52 Å². The zero-order chi connectivity index (χ0) is 8.67. The molecule has 0 saturated heterocycles. The monoisotopic (exact) mass is 173 g/mol. The summed E-state index contributed by atoms with van der Waals surface area (Å²) in [6, 6.07) is 4.32. The molecule has 2 aromatic rings. The van der Waals surface area contributed by atoms with Crippen LogP contribution in [0.1, 0.15) is 24.0 Å². The van der Waals surface area contributed by atoms with Gasteiger partial charge in [0, 0.05) is 0 Å². The Morgan fingerprint density at radius 3 is 2.69 bits per heavy atom. The van der Waals surface area contributed by atoms with E-state index in [9.17, 15) is 0 Å². The van der Waals surface area contributed by atoms with Gasteiger partial charge in [-0.2, -0.15) is 0 Å². The Morgan fingerprint density at radius 2 is 1.85 bits per heavy atom. The van der Waals surface area contributed by atoms with E-state index in [2.05, 4.69) is 17.1 Å². The first-order chi connectivity index (χ1) is 6.43. The van der Waals surface area contributed by atoms with Crippen molar-refractivity contribution < 1.29 is 4.42 Å². The molecule has 0 radical (unpaired) electrons. The number of aryl methyl sites for hydroxylation is 2. The van der Waals surface area contributed by atoms with Crippen LogP contribution in [-0.2, 0) is 12.8 Å². The summed E-state index contributed by atoms with van der Waals surface area (Å²) in [5.74, 6) is 0. The normalized spacial score (nSPS) is 16.0. The molecule has 66 valence electrons. The quantitative estimate of drug-likeness (QED) is 0.612. The van der Waals surface area contributed by atoms with Gasteiger partial charge in [0.2, 0.25) is 0 Å². The molecule has 1 aromatic carbocycles. The fourth-order valence-corrected chi connectivity index (χ4v) is 2.09. The third-order valence-corrected chi connectivity index (χ3v) is 2.79. The average Bonchev–Trinajstić information content (AvgIpc) is 2.61. The minimum atomic E-state index is 0.931. The molecule has 0 atom stereocenters. The molecule has 3 rings (SSSR count). The summed E-state index contributed by atoms with van der Waals surface area (Å²) in [5, 5.41) is 0. The highest BCUT2D eigenvalue weighted by molar-refractivity contribution is 5.74. The summed E-state index contributed by atoms with van der Waals surface area (Å²) < 4.78 is 5.27. The number of benzene rings is 1. The Bertz CT molecular complexity index is 404. The summed E-state index contributed by atoms with van der Waals surface area (Å²) in [5.41, 5.74) is 4.85. The van der Waals surface area contributed by atoms with E-state index in [1.807, 2.05) is 0 Å². The van der Waals surface area contributed by atoms with E-state index in [0.717, 1.165) is 11.1 Å². The second-order valence-corrected chi connectivity index (χ2v) is 3.65. The van der Waals surface area contributed by atoms with Crippen molar-refractivity contribution >= 4 is 11.1 Å². The lowest BCUT2D eigenvalue weighted by atomic mass is 9.91. The van der Waals surface area contributed by atoms with Gasteiger partial charge in [0.25, 0.3) is 0 Å². The van der Waals surface area contributed by atoms with Crippen molar-refractivity contribution in [2.75, 3.05) is 0 Å². The van der Waals surface area contributed by atoms with Gasteiger partial charge in [-0.05, 0) is 48.9 Å². The van der Waals surface area contributed by atoms with Crippen LogP contribution in [0.5, 0.6) is 0 Å². The van der Waals surface area contributed by atoms with Crippen molar-refractivity contribution in [3.8, 4) is 0 Å². The Hall–Kier alpha value is -1.31. The molecule has 1 aliphatic carbocycles. The maximum absolute atomic E-state index is 5.27. The zero-order valence-electron chi connectivity index (χ0n) is 7.42.